The van der Waals surface area contributed by atoms with E-state index in [0.717, 1.165) is 0 Å². The van der Waals surface area contributed by atoms with Gasteiger partial charge in [-0.1, -0.05) is 0 Å². The summed E-state index contributed by atoms with van der Waals surface area (Å²) < 4.78 is 163. The number of halogens is 12. The topological polar surface area (TPSA) is 25.8 Å². The predicted molar refractivity (Wildman–Crippen MR) is 72.4 cm³/mol. The van der Waals surface area contributed by atoms with E-state index in [-0.39, 0.29) is 0 Å². The Labute approximate surface area is 156 Å². The molecular formula is C16F12N2. The van der Waals surface area contributed by atoms with Gasteiger partial charge >= 0.3 is 6.08 Å². The van der Waals surface area contributed by atoms with E-state index >= 15 is 0 Å². The molecule has 1 aromatic heterocycles. The highest BCUT2D eigenvalue weighted by Crippen LogP contribution is 2.37. The molecule has 0 unspecified atom stereocenters. The normalized spacial score (nSPS) is 11.3. The van der Waals surface area contributed by atoms with Crippen LogP contribution in [0.25, 0.3) is 22.5 Å². The molecule has 2 aromatic carbocycles. The monoisotopic (exact) mass is 448 g/mol. The molecule has 0 amide bonds. The van der Waals surface area contributed by atoms with Crippen LogP contribution >= 0.6 is 0 Å². The predicted octanol–water partition coefficient (Wildman–Crippen LogP) is 5.48. The van der Waals surface area contributed by atoms with Crippen molar-refractivity contribution in [1.82, 2.24) is 9.97 Å². The number of benzene rings is 2. The van der Waals surface area contributed by atoms with Gasteiger partial charge in [-0.25, -0.2) is 48.3 Å². The summed E-state index contributed by atoms with van der Waals surface area (Å²) in [4.78, 5) is 4.98. The minimum Gasteiger partial charge on any atom is -0.203 e. The molecule has 0 spiro atoms. The molecule has 0 saturated carbocycles. The van der Waals surface area contributed by atoms with Crippen LogP contribution < -0.4 is 0 Å². The fourth-order valence-electron chi connectivity index (χ4n) is 2.38. The van der Waals surface area contributed by atoms with Crippen molar-refractivity contribution in [1.29, 1.82) is 0 Å². The van der Waals surface area contributed by atoms with Crippen LogP contribution in [0.2, 0.25) is 0 Å². The van der Waals surface area contributed by atoms with E-state index in [2.05, 4.69) is 9.97 Å². The summed E-state index contributed by atoms with van der Waals surface area (Å²) in [5.74, 6) is -29.1. The standard InChI is InChI=1S/C16F12N2/c17-3-1(4(18)8(22)11(25)7(3)21)14-13(27)15(30-16(28)29-14)2-5(19)9(23)12(26)10(24)6(2)20. The van der Waals surface area contributed by atoms with Crippen molar-refractivity contribution >= 4 is 0 Å². The second-order valence-electron chi connectivity index (χ2n) is 5.39. The summed E-state index contributed by atoms with van der Waals surface area (Å²) in [6.45, 7) is 0. The first-order chi connectivity index (χ1) is 13.9. The molecular weight excluding hydrogens is 448 g/mol. The molecule has 14 heteroatoms. The molecule has 30 heavy (non-hydrogen) atoms. The molecule has 0 atom stereocenters. The molecule has 0 saturated heterocycles. The SMILES string of the molecule is Fc1nc(-c2c(F)c(F)c(F)c(F)c2F)c(F)c(-c2c(F)c(F)c(F)c(F)c2F)n1. The van der Waals surface area contributed by atoms with Gasteiger partial charge in [0, 0.05) is 0 Å². The summed E-state index contributed by atoms with van der Waals surface area (Å²) in [7, 11) is 0. The number of hydrogen-bond donors (Lipinski definition) is 0. The van der Waals surface area contributed by atoms with Crippen LogP contribution in [-0.2, 0) is 0 Å². The maximum absolute atomic E-state index is 14.6. The molecule has 1 heterocycles. The Morgan fingerprint density at radius 3 is 0.800 bits per heavy atom. The molecule has 0 aliphatic rings. The third-order valence-electron chi connectivity index (χ3n) is 3.72. The molecule has 158 valence electrons. The lowest BCUT2D eigenvalue weighted by Gasteiger charge is -2.12. The maximum Gasteiger partial charge on any atom is 0.309 e. The lowest BCUT2D eigenvalue weighted by atomic mass is 10.0. The highest BCUT2D eigenvalue weighted by Gasteiger charge is 2.34. The highest BCUT2D eigenvalue weighted by atomic mass is 19.2. The van der Waals surface area contributed by atoms with E-state index in [1.54, 1.807) is 0 Å². The molecule has 0 aliphatic carbocycles. The van der Waals surface area contributed by atoms with Crippen LogP contribution in [0.3, 0.4) is 0 Å². The first-order valence-electron chi connectivity index (χ1n) is 7.16. The lowest BCUT2D eigenvalue weighted by molar-refractivity contribution is 0.379. The lowest BCUT2D eigenvalue weighted by Crippen LogP contribution is -2.11. The zero-order valence-corrected chi connectivity index (χ0v) is 13.4. The molecule has 3 rings (SSSR count). The van der Waals surface area contributed by atoms with Crippen molar-refractivity contribution in [3.8, 4) is 22.5 Å². The Bertz CT molecular complexity index is 1080. The molecule has 3 aromatic rings. The van der Waals surface area contributed by atoms with E-state index in [1.807, 2.05) is 0 Å². The van der Waals surface area contributed by atoms with Gasteiger partial charge in [0.25, 0.3) is 0 Å². The summed E-state index contributed by atoms with van der Waals surface area (Å²) in [6, 6.07) is 0. The van der Waals surface area contributed by atoms with Crippen LogP contribution in [0, 0.1) is 70.1 Å². The number of nitrogens with zero attached hydrogens (tertiary/aromatic N) is 2. The van der Waals surface area contributed by atoms with Crippen LogP contribution in [0.4, 0.5) is 52.7 Å². The van der Waals surface area contributed by atoms with Crippen LogP contribution in [-0.4, -0.2) is 9.97 Å². The van der Waals surface area contributed by atoms with Gasteiger partial charge in [0.2, 0.25) is 11.6 Å². The van der Waals surface area contributed by atoms with E-state index in [0.29, 0.717) is 0 Å². The Balaban J connectivity index is 2.46. The third-order valence-corrected chi connectivity index (χ3v) is 3.72. The van der Waals surface area contributed by atoms with Crippen molar-refractivity contribution in [3.63, 3.8) is 0 Å². The maximum atomic E-state index is 14.6. The third kappa shape index (κ3) is 2.93. The van der Waals surface area contributed by atoms with Crippen LogP contribution in [0.1, 0.15) is 0 Å². The van der Waals surface area contributed by atoms with Crippen molar-refractivity contribution in [2.75, 3.05) is 0 Å². The quantitative estimate of drug-likeness (QED) is 0.225. The fourth-order valence-corrected chi connectivity index (χ4v) is 2.38. The highest BCUT2D eigenvalue weighted by molar-refractivity contribution is 5.70. The first-order valence-corrected chi connectivity index (χ1v) is 7.16. The van der Waals surface area contributed by atoms with E-state index < -0.39 is 92.6 Å². The zero-order chi connectivity index (χ0) is 22.7. The second-order valence-corrected chi connectivity index (χ2v) is 5.39. The van der Waals surface area contributed by atoms with E-state index in [4.69, 9.17) is 0 Å². The summed E-state index contributed by atoms with van der Waals surface area (Å²) >= 11 is 0. The second kappa shape index (κ2) is 7.18. The van der Waals surface area contributed by atoms with Gasteiger partial charge in [0.05, 0.1) is 11.1 Å². The smallest absolute Gasteiger partial charge is 0.203 e. The van der Waals surface area contributed by atoms with Crippen molar-refractivity contribution in [2.45, 2.75) is 0 Å². The Kier molecular flexibility index (Phi) is 5.12. The zero-order valence-electron chi connectivity index (χ0n) is 13.4. The largest absolute Gasteiger partial charge is 0.309 e. The molecule has 2 nitrogen and oxygen atoms in total. The molecule has 0 aliphatic heterocycles. The minimum absolute atomic E-state index is 2.03. The number of hydrogen-bond acceptors (Lipinski definition) is 2. The van der Waals surface area contributed by atoms with Gasteiger partial charge < -0.3 is 0 Å². The Morgan fingerprint density at radius 1 is 0.300 bits per heavy atom. The molecule has 0 radical (unpaired) electrons. The van der Waals surface area contributed by atoms with Crippen molar-refractivity contribution < 1.29 is 52.7 Å². The van der Waals surface area contributed by atoms with E-state index in [1.165, 1.54) is 0 Å². The average Bonchev–Trinajstić information content (AvgIpc) is 2.71. The molecule has 0 N–H and O–H groups in total. The van der Waals surface area contributed by atoms with Crippen molar-refractivity contribution in [2.24, 2.45) is 0 Å². The molecule has 0 bridgehead atoms. The number of aromatic nitrogens is 2. The van der Waals surface area contributed by atoms with Crippen LogP contribution in [0.15, 0.2) is 0 Å². The van der Waals surface area contributed by atoms with Gasteiger partial charge in [0.15, 0.2) is 52.4 Å². The van der Waals surface area contributed by atoms with E-state index in [9.17, 15) is 52.7 Å². The summed E-state index contributed by atoms with van der Waals surface area (Å²) in [5, 5.41) is 0. The van der Waals surface area contributed by atoms with Gasteiger partial charge in [-0.3, -0.25) is 0 Å². The Morgan fingerprint density at radius 2 is 0.533 bits per heavy atom. The van der Waals surface area contributed by atoms with Gasteiger partial charge in [-0.2, -0.15) is 14.4 Å². The Hall–Kier alpha value is -3.32. The average molecular weight is 448 g/mol. The summed E-state index contributed by atoms with van der Waals surface area (Å²) in [5.41, 5.74) is -8.41. The minimum atomic E-state index is -2.69. The van der Waals surface area contributed by atoms with Crippen molar-refractivity contribution in [3.05, 3.63) is 70.1 Å². The summed E-state index contributed by atoms with van der Waals surface area (Å²) in [6.07, 6.45) is -2.26. The molecule has 0 fully saturated rings. The van der Waals surface area contributed by atoms with Gasteiger partial charge in [0.1, 0.15) is 11.4 Å². The number of rotatable bonds is 2. The van der Waals surface area contributed by atoms with Crippen LogP contribution in [0.5, 0.6) is 0 Å². The van der Waals surface area contributed by atoms with Gasteiger partial charge in [-0.15, -0.1) is 0 Å². The van der Waals surface area contributed by atoms with Gasteiger partial charge in [-0.05, 0) is 0 Å². The fraction of sp³-hybridized carbons (Fsp3) is 0. The first kappa shape index (κ1) is 21.4.